The molecule has 3 heteroatoms. The van der Waals surface area contributed by atoms with E-state index in [2.05, 4.69) is 30.6 Å². The number of thiol groups is 1. The Hall–Kier alpha value is -1.40. The van der Waals surface area contributed by atoms with Crippen LogP contribution in [-0.4, -0.2) is 7.05 Å². The Kier molecular flexibility index (Phi) is 2.99. The summed E-state index contributed by atoms with van der Waals surface area (Å²) in [5, 5.41) is 11.7. The topological polar surface area (TPSA) is 35.8 Å². The Morgan fingerprint density at radius 2 is 2.31 bits per heavy atom. The van der Waals surface area contributed by atoms with Crippen molar-refractivity contribution in [2.75, 3.05) is 12.4 Å². The van der Waals surface area contributed by atoms with E-state index in [0.717, 1.165) is 11.3 Å². The molecule has 0 unspecified atom stereocenters. The van der Waals surface area contributed by atoms with Crippen LogP contribution in [0.5, 0.6) is 0 Å². The molecule has 1 N–H and O–H groups in total. The first kappa shape index (κ1) is 9.69. The molecule has 0 atom stereocenters. The van der Waals surface area contributed by atoms with Gasteiger partial charge >= 0.3 is 0 Å². The molecule has 0 bridgehead atoms. The van der Waals surface area contributed by atoms with Gasteiger partial charge in [-0.25, -0.2) is 0 Å². The predicted molar refractivity (Wildman–Crippen MR) is 58.7 cm³/mol. The summed E-state index contributed by atoms with van der Waals surface area (Å²) in [6.45, 7) is 3.72. The van der Waals surface area contributed by atoms with Crippen molar-refractivity contribution < 1.29 is 0 Å². The number of hydrogen-bond acceptors (Lipinski definition) is 3. The third-order valence-electron chi connectivity index (χ3n) is 1.73. The van der Waals surface area contributed by atoms with E-state index >= 15 is 0 Å². The summed E-state index contributed by atoms with van der Waals surface area (Å²) < 4.78 is 0. The Bertz CT molecular complexity index is 377. The molecule has 0 aliphatic rings. The molecule has 0 heterocycles. The highest BCUT2D eigenvalue weighted by atomic mass is 32.1. The quantitative estimate of drug-likeness (QED) is 0.703. The van der Waals surface area contributed by atoms with Gasteiger partial charge in [0.05, 0.1) is 11.6 Å². The van der Waals surface area contributed by atoms with Crippen LogP contribution in [0.15, 0.2) is 24.8 Å². The van der Waals surface area contributed by atoms with Gasteiger partial charge in [-0.15, -0.1) is 12.6 Å². The van der Waals surface area contributed by atoms with Gasteiger partial charge in [0.15, 0.2) is 0 Å². The molecule has 0 aliphatic carbocycles. The van der Waals surface area contributed by atoms with Gasteiger partial charge in [-0.3, -0.25) is 0 Å². The Labute approximate surface area is 83.3 Å². The molecule has 1 aromatic carbocycles. The van der Waals surface area contributed by atoms with Crippen LogP contribution in [0, 0.1) is 11.3 Å². The summed E-state index contributed by atoms with van der Waals surface area (Å²) >= 11 is 4.15. The Balaban J connectivity index is 3.28. The van der Waals surface area contributed by atoms with Crippen molar-refractivity contribution in [3.05, 3.63) is 35.9 Å². The highest BCUT2D eigenvalue weighted by Crippen LogP contribution is 2.25. The summed E-state index contributed by atoms with van der Waals surface area (Å²) in [5.74, 6) is 0. The van der Waals surface area contributed by atoms with E-state index in [4.69, 9.17) is 5.26 Å². The van der Waals surface area contributed by atoms with Gasteiger partial charge in [0.1, 0.15) is 0 Å². The number of hydrogen-bond donors (Lipinski definition) is 2. The van der Waals surface area contributed by atoms with Crippen LogP contribution in [0.4, 0.5) is 5.69 Å². The van der Waals surface area contributed by atoms with E-state index in [9.17, 15) is 0 Å². The molecule has 0 aliphatic heterocycles. The summed E-state index contributed by atoms with van der Waals surface area (Å²) in [6.07, 6.45) is 0. The average molecular weight is 190 g/mol. The second-order valence-electron chi connectivity index (χ2n) is 2.57. The Morgan fingerprint density at radius 3 is 2.77 bits per heavy atom. The van der Waals surface area contributed by atoms with Crippen LogP contribution in [0.3, 0.4) is 0 Å². The normalized spacial score (nSPS) is 9.00. The highest BCUT2D eigenvalue weighted by Gasteiger charge is 2.02. The molecule has 0 saturated heterocycles. The minimum atomic E-state index is 0.615. The molecule has 0 fully saturated rings. The third-order valence-corrected chi connectivity index (χ3v) is 1.97. The molecule has 2 nitrogen and oxygen atoms in total. The highest BCUT2D eigenvalue weighted by molar-refractivity contribution is 7.90. The van der Waals surface area contributed by atoms with Crippen LogP contribution < -0.4 is 5.32 Å². The molecule has 13 heavy (non-hydrogen) atoms. The molecule has 1 rings (SSSR count). The first-order valence-electron chi connectivity index (χ1n) is 3.79. The van der Waals surface area contributed by atoms with Crippen LogP contribution in [0.25, 0.3) is 4.91 Å². The lowest BCUT2D eigenvalue weighted by Gasteiger charge is -2.07. The van der Waals surface area contributed by atoms with Gasteiger partial charge in [0, 0.05) is 23.2 Å². The molecular formula is C10H10N2S. The minimum Gasteiger partial charge on any atom is -0.388 e. The zero-order valence-corrected chi connectivity index (χ0v) is 8.23. The minimum absolute atomic E-state index is 0.615. The van der Waals surface area contributed by atoms with Crippen molar-refractivity contribution in [2.24, 2.45) is 0 Å². The van der Waals surface area contributed by atoms with E-state index < -0.39 is 0 Å². The van der Waals surface area contributed by atoms with Crippen LogP contribution in [0.2, 0.25) is 0 Å². The van der Waals surface area contributed by atoms with E-state index in [1.807, 2.05) is 13.1 Å². The second-order valence-corrected chi connectivity index (χ2v) is 3.11. The molecule has 0 spiro atoms. The maximum absolute atomic E-state index is 8.68. The Morgan fingerprint density at radius 1 is 1.62 bits per heavy atom. The lowest BCUT2D eigenvalue weighted by atomic mass is 10.1. The van der Waals surface area contributed by atoms with E-state index in [-0.39, 0.29) is 0 Å². The van der Waals surface area contributed by atoms with Crippen molar-refractivity contribution >= 4 is 23.2 Å². The molecule has 0 amide bonds. The molecule has 0 radical (unpaired) electrons. The fourth-order valence-electron chi connectivity index (χ4n) is 1.07. The number of nitrogens with zero attached hydrogens (tertiary/aromatic N) is 1. The van der Waals surface area contributed by atoms with Gasteiger partial charge in [-0.2, -0.15) is 5.26 Å². The zero-order chi connectivity index (χ0) is 9.84. The summed E-state index contributed by atoms with van der Waals surface area (Å²) in [5.41, 5.74) is 2.41. The van der Waals surface area contributed by atoms with Crippen LogP contribution in [0.1, 0.15) is 11.1 Å². The van der Waals surface area contributed by atoms with Gasteiger partial charge in [0.25, 0.3) is 0 Å². The van der Waals surface area contributed by atoms with E-state index in [1.165, 1.54) is 0 Å². The summed E-state index contributed by atoms with van der Waals surface area (Å²) in [7, 11) is 1.82. The fourth-order valence-corrected chi connectivity index (χ4v) is 1.26. The number of anilines is 1. The van der Waals surface area contributed by atoms with Crippen molar-refractivity contribution in [3.63, 3.8) is 0 Å². The first-order chi connectivity index (χ1) is 6.19. The predicted octanol–water partition coefficient (Wildman–Crippen LogP) is 2.50. The summed E-state index contributed by atoms with van der Waals surface area (Å²) in [6, 6.07) is 7.43. The monoisotopic (exact) mass is 190 g/mol. The lowest BCUT2D eigenvalue weighted by Crippen LogP contribution is -1.93. The van der Waals surface area contributed by atoms with Gasteiger partial charge < -0.3 is 5.32 Å². The largest absolute Gasteiger partial charge is 0.388 e. The summed E-state index contributed by atoms with van der Waals surface area (Å²) in [4.78, 5) is 0.654. The van der Waals surface area contributed by atoms with Gasteiger partial charge in [-0.1, -0.05) is 6.58 Å². The maximum Gasteiger partial charge on any atom is 0.0991 e. The SMILES string of the molecule is C=C(S)c1cc(C#N)ccc1NC. The average Bonchev–Trinajstić information content (AvgIpc) is 2.16. The lowest BCUT2D eigenvalue weighted by molar-refractivity contribution is 1.45. The number of benzene rings is 1. The van der Waals surface area contributed by atoms with Crippen molar-refractivity contribution in [1.29, 1.82) is 5.26 Å². The van der Waals surface area contributed by atoms with Crippen LogP contribution in [-0.2, 0) is 0 Å². The number of nitrogens with one attached hydrogen (secondary N) is 1. The van der Waals surface area contributed by atoms with Crippen LogP contribution >= 0.6 is 12.6 Å². The zero-order valence-electron chi connectivity index (χ0n) is 7.33. The van der Waals surface area contributed by atoms with Gasteiger partial charge in [-0.05, 0) is 18.2 Å². The molecule has 0 aromatic heterocycles. The molecule has 66 valence electrons. The maximum atomic E-state index is 8.68. The van der Waals surface area contributed by atoms with Crippen molar-refractivity contribution in [2.45, 2.75) is 0 Å². The molecule has 0 saturated carbocycles. The fraction of sp³-hybridized carbons (Fsp3) is 0.100. The third kappa shape index (κ3) is 2.04. The number of rotatable bonds is 2. The van der Waals surface area contributed by atoms with Crippen molar-refractivity contribution in [1.82, 2.24) is 0 Å². The first-order valence-corrected chi connectivity index (χ1v) is 4.24. The smallest absolute Gasteiger partial charge is 0.0991 e. The van der Waals surface area contributed by atoms with E-state index in [0.29, 0.717) is 10.5 Å². The molecule has 1 aromatic rings. The number of nitriles is 1. The van der Waals surface area contributed by atoms with E-state index in [1.54, 1.807) is 12.1 Å². The molecular weight excluding hydrogens is 180 g/mol. The second kappa shape index (κ2) is 4.01. The van der Waals surface area contributed by atoms with Crippen molar-refractivity contribution in [3.8, 4) is 6.07 Å². The standard InChI is InChI=1S/C10H10N2S/c1-7(13)9-5-8(6-11)3-4-10(9)12-2/h3-5,12-13H,1H2,2H3. The van der Waals surface area contributed by atoms with Gasteiger partial charge in [0.2, 0.25) is 0 Å².